The number of ether oxygens (including phenoxy) is 4. The summed E-state index contributed by atoms with van der Waals surface area (Å²) in [5.74, 6) is -15.0. The third-order valence-electron chi connectivity index (χ3n) is 18.3. The van der Waals surface area contributed by atoms with Crippen LogP contribution in [-0.2, 0) is 51.3 Å². The van der Waals surface area contributed by atoms with Crippen molar-refractivity contribution in [2.45, 2.75) is 61.4 Å². The van der Waals surface area contributed by atoms with Crippen LogP contribution in [0.4, 0.5) is 11.4 Å². The molecule has 6 aliphatic heterocycles. The number of halogens is 2. The van der Waals surface area contributed by atoms with E-state index in [9.17, 15) is 54.9 Å². The van der Waals surface area contributed by atoms with Gasteiger partial charge in [0.05, 0.1) is 17.2 Å². The number of methoxy groups -OCH3 is 1. The Morgan fingerprint density at radius 3 is 1.78 bits per heavy atom. The van der Waals surface area contributed by atoms with Crippen molar-refractivity contribution in [2.75, 3.05) is 17.7 Å². The number of esters is 1. The lowest BCUT2D eigenvalue weighted by atomic mass is 9.89. The van der Waals surface area contributed by atoms with Gasteiger partial charge in [-0.15, -0.1) is 0 Å². The molecule has 536 valence electrons. The molecule has 0 saturated carbocycles. The number of aromatic hydroxyl groups is 6. The lowest BCUT2D eigenvalue weighted by Gasteiger charge is -2.31. The zero-order valence-corrected chi connectivity index (χ0v) is 56.4. The van der Waals surface area contributed by atoms with Gasteiger partial charge in [0.2, 0.25) is 41.2 Å². The quantitative estimate of drug-likeness (QED) is 0.0529. The maximum atomic E-state index is 16.0. The number of aliphatic hydroxyl groups excluding tert-OH is 1. The minimum atomic E-state index is -2.23. The molecule has 0 spiro atoms. The summed E-state index contributed by atoms with van der Waals surface area (Å²) < 4.78 is 23.8. The van der Waals surface area contributed by atoms with Crippen molar-refractivity contribution in [3.63, 3.8) is 0 Å². The largest absolute Gasteiger partial charge is 0.508 e. The van der Waals surface area contributed by atoms with Gasteiger partial charge in [0.1, 0.15) is 94.0 Å². The number of hydrogen-bond acceptors (Lipinski definition) is 22. The minimum Gasteiger partial charge on any atom is -0.508 e. The summed E-state index contributed by atoms with van der Waals surface area (Å²) in [6.07, 6.45) is -2.59. The number of rotatable bonds is 7. The Balaban J connectivity index is 0.901. The molecule has 30 heteroatoms. The molecule has 0 saturated heterocycles. The van der Waals surface area contributed by atoms with Gasteiger partial charge < -0.3 is 97.2 Å². The van der Waals surface area contributed by atoms with Gasteiger partial charge in [-0.2, -0.15) is 0 Å². The van der Waals surface area contributed by atoms with Crippen molar-refractivity contribution in [3.8, 4) is 91.2 Å². The zero-order chi connectivity index (χ0) is 74.7. The Kier molecular flexibility index (Phi) is 18.5. The lowest BCUT2D eigenvalue weighted by molar-refractivity contribution is -0.146. The topological polar surface area (TPSA) is 428 Å². The fourth-order valence-electron chi connectivity index (χ4n) is 12.9. The molecule has 6 heterocycles. The highest BCUT2D eigenvalue weighted by molar-refractivity contribution is 6.32. The Morgan fingerprint density at radius 1 is 0.500 bits per heavy atom. The monoisotopic (exact) mass is 1470 g/mol. The number of phenolic OH excluding ortho intramolecular Hbond substituents is 6. The SMILES string of the molecule is COC(=O)[C@@H]1NC(=O)[C@H]2NC(=O)[C@H](NC(=O)[C@@H]3NC(=O)[C@H]4NC(=O)[C@@H](Cc5ccc(c(Cl)c5)Oc5cc3cc(c5O)Oc3ccc(cc3Cl)[C@H]2O)NC(=O)[C@H](Nc2c(NCc3ccc(-c5ccccc5)cc3)c(=O)c2=O)c2ccc(O)c(c2)Oc2cc(O)cc4c2)c2ccc(O)c(c2)-c2c(O)cc(O)cc21. The van der Waals surface area contributed by atoms with Crippen molar-refractivity contribution in [1.29, 1.82) is 0 Å². The number of anilines is 2. The number of carbonyl (C=O) groups is 7. The summed E-state index contributed by atoms with van der Waals surface area (Å²) in [5.41, 5.74) is -1.93. The number of fused-ring (bicyclic) bond motifs is 14. The molecule has 6 aliphatic rings. The smallest absolute Gasteiger partial charge is 0.333 e. The summed E-state index contributed by atoms with van der Waals surface area (Å²) in [5, 5.41) is 102. The number of hydrogen-bond donors (Lipinski definition) is 15. The zero-order valence-electron chi connectivity index (χ0n) is 54.9. The maximum absolute atomic E-state index is 16.0. The summed E-state index contributed by atoms with van der Waals surface area (Å²) in [6.45, 7) is 0.0420. The average molecular weight is 1470 g/mol. The second-order valence-electron chi connectivity index (χ2n) is 25.2. The molecule has 0 radical (unpaired) electrons. The number of benzene rings is 9. The van der Waals surface area contributed by atoms with Gasteiger partial charge >= 0.3 is 5.97 Å². The Bertz CT molecular complexity index is 5400. The van der Waals surface area contributed by atoms with Crippen LogP contribution < -0.4 is 67.6 Å². The van der Waals surface area contributed by atoms with E-state index < -0.39 is 159 Å². The molecule has 10 aromatic carbocycles. The predicted molar refractivity (Wildman–Crippen MR) is 379 cm³/mol. The maximum Gasteiger partial charge on any atom is 0.333 e. The molecule has 6 amide bonds. The van der Waals surface area contributed by atoms with Gasteiger partial charge in [0.15, 0.2) is 29.0 Å². The highest BCUT2D eigenvalue weighted by atomic mass is 35.5. The Labute approximate surface area is 608 Å². The van der Waals surface area contributed by atoms with Crippen LogP contribution in [0.1, 0.15) is 80.8 Å². The number of nitrogens with one attached hydrogen (secondary N) is 8. The van der Waals surface area contributed by atoms with E-state index in [1.165, 1.54) is 48.5 Å². The first kappa shape index (κ1) is 69.8. The normalized spacial score (nSPS) is 19.9. The summed E-state index contributed by atoms with van der Waals surface area (Å²) in [7, 11) is 0.958. The first-order valence-corrected chi connectivity index (χ1v) is 33.2. The molecular formula is C76H58Cl2N8O20. The lowest BCUT2D eigenvalue weighted by Crippen LogP contribution is -2.55. The summed E-state index contributed by atoms with van der Waals surface area (Å²) >= 11 is 13.9. The van der Waals surface area contributed by atoms with Crippen LogP contribution in [0, 0.1) is 0 Å². The fraction of sp³-hybridized carbons (Fsp3) is 0.145. The molecule has 10 aromatic rings. The van der Waals surface area contributed by atoms with E-state index in [1.807, 2.05) is 54.6 Å². The van der Waals surface area contributed by atoms with Gasteiger partial charge in [-0.05, 0) is 129 Å². The van der Waals surface area contributed by atoms with E-state index in [-0.39, 0.29) is 95.5 Å². The van der Waals surface area contributed by atoms with E-state index in [0.717, 1.165) is 85.0 Å². The van der Waals surface area contributed by atoms with Crippen LogP contribution >= 0.6 is 23.2 Å². The minimum absolute atomic E-state index is 0.00980. The first-order chi connectivity index (χ1) is 50.8. The molecule has 0 unspecified atom stereocenters. The summed E-state index contributed by atoms with van der Waals surface area (Å²) in [6, 6.07) is 24.8. The molecule has 15 N–H and O–H groups in total. The molecule has 0 fully saturated rings. The third kappa shape index (κ3) is 13.6. The third-order valence-corrected chi connectivity index (χ3v) is 18.9. The second kappa shape index (κ2) is 28.1. The number of carbonyl (C=O) groups excluding carboxylic acids is 7. The van der Waals surface area contributed by atoms with E-state index in [4.69, 9.17) is 42.1 Å². The Morgan fingerprint density at radius 2 is 1.09 bits per heavy atom. The molecule has 8 atom stereocenters. The van der Waals surface area contributed by atoms with E-state index in [2.05, 4.69) is 42.5 Å². The molecule has 16 rings (SSSR count). The van der Waals surface area contributed by atoms with Gasteiger partial charge in [0.25, 0.3) is 10.9 Å². The van der Waals surface area contributed by atoms with Crippen LogP contribution in [0.25, 0.3) is 22.3 Å². The standard InChI is InChI=1S/C76H58Cl2N8O20/c1-103-76(102)62-45-29-42(88)30-51(91)57(45)44-23-36(12-15-49(44)89)59-72(98)86-65(75(101)85-62)66(92)38-14-18-53(47(78)24-38)106-56-27-40-26-55(67(56)93)105-52-17-9-33(19-46(52)77)20-48-70(96)82-60(73(99)84-61(40)74(100)83-59)39-21-41(87)28-43(22-39)104-54-25-37(13-16-50(54)90)58(71(97)80-48)81-64-63(68(94)69(64)95)79-31-32-7-10-35(11-8-32)34-5-3-2-4-6-34/h2-19,21-30,48,58-62,65-66,79,81,87-93H,20,31H2,1H3,(H,80,97)(H,82,96)(H,83,100)(H,84,99)(H,85,101)(H,86,98)/t48-,58-,59-,60+,61-,62-,65+,66-/m1/s1. The van der Waals surface area contributed by atoms with E-state index in [1.54, 1.807) is 0 Å². The fourth-order valence-corrected chi connectivity index (χ4v) is 13.4. The van der Waals surface area contributed by atoms with Crippen LogP contribution in [0.15, 0.2) is 179 Å². The predicted octanol–water partition coefficient (Wildman–Crippen LogP) is 8.10. The molecule has 0 aromatic heterocycles. The first-order valence-electron chi connectivity index (χ1n) is 32.5. The van der Waals surface area contributed by atoms with Crippen molar-refractivity contribution >= 4 is 76.0 Å². The number of aliphatic hydroxyl groups is 1. The van der Waals surface area contributed by atoms with Crippen molar-refractivity contribution in [2.24, 2.45) is 0 Å². The van der Waals surface area contributed by atoms with Gasteiger partial charge in [0, 0.05) is 41.8 Å². The van der Waals surface area contributed by atoms with E-state index in [0.29, 0.717) is 5.56 Å². The molecule has 0 aliphatic carbocycles. The second-order valence-corrected chi connectivity index (χ2v) is 26.0. The highest BCUT2D eigenvalue weighted by Crippen LogP contribution is 2.49. The van der Waals surface area contributed by atoms with E-state index >= 15 is 24.0 Å². The van der Waals surface area contributed by atoms with Gasteiger partial charge in [-0.1, -0.05) is 102 Å². The van der Waals surface area contributed by atoms with Crippen LogP contribution in [0.3, 0.4) is 0 Å². The number of amides is 6. The van der Waals surface area contributed by atoms with Crippen molar-refractivity contribution in [3.05, 3.63) is 245 Å². The highest BCUT2D eigenvalue weighted by Gasteiger charge is 2.42. The molecule has 28 nitrogen and oxygen atoms in total. The average Bonchev–Trinajstić information content (AvgIpc) is 0.770. The van der Waals surface area contributed by atoms with Gasteiger partial charge in [-0.3, -0.25) is 38.4 Å². The van der Waals surface area contributed by atoms with Crippen molar-refractivity contribution < 1.29 is 88.3 Å². The van der Waals surface area contributed by atoms with Gasteiger partial charge in [-0.25, -0.2) is 4.79 Å². The molecular weight excluding hydrogens is 1420 g/mol. The summed E-state index contributed by atoms with van der Waals surface area (Å²) in [4.78, 5) is 134. The molecule has 17 bridgehead atoms. The Hall–Kier alpha value is -13.3. The van der Waals surface area contributed by atoms with Crippen LogP contribution in [0.2, 0.25) is 10.0 Å². The molecule has 106 heavy (non-hydrogen) atoms. The number of phenols is 6. The van der Waals surface area contributed by atoms with Crippen LogP contribution in [-0.4, -0.2) is 96.4 Å². The van der Waals surface area contributed by atoms with Crippen molar-refractivity contribution in [1.82, 2.24) is 31.9 Å². The van der Waals surface area contributed by atoms with Crippen LogP contribution in [0.5, 0.6) is 69.0 Å².